The lowest BCUT2D eigenvalue weighted by molar-refractivity contribution is -0.118. The highest BCUT2D eigenvalue weighted by Gasteiger charge is 2.14. The molecular weight excluding hydrogens is 332 g/mol. The Kier molecular flexibility index (Phi) is 4.30. The number of benzene rings is 1. The molecule has 1 aliphatic rings. The van der Waals surface area contributed by atoms with Gasteiger partial charge < -0.3 is 14.5 Å². The fourth-order valence-corrected chi connectivity index (χ4v) is 2.92. The van der Waals surface area contributed by atoms with E-state index >= 15 is 0 Å². The van der Waals surface area contributed by atoms with Gasteiger partial charge in [0.2, 0.25) is 5.91 Å². The van der Waals surface area contributed by atoms with Crippen molar-refractivity contribution in [3.8, 4) is 11.3 Å². The predicted molar refractivity (Wildman–Crippen MR) is 97.9 cm³/mol. The highest BCUT2D eigenvalue weighted by molar-refractivity contribution is 5.94. The van der Waals surface area contributed by atoms with Crippen LogP contribution in [0.3, 0.4) is 0 Å². The summed E-state index contributed by atoms with van der Waals surface area (Å²) in [4.78, 5) is 22.7. The number of carbonyl (C=O) groups is 1. The molecule has 134 valence electrons. The average molecular weight is 353 g/mol. The molecule has 1 saturated heterocycles. The Balaban J connectivity index is 1.57. The summed E-state index contributed by atoms with van der Waals surface area (Å²) in [7, 11) is 0. The van der Waals surface area contributed by atoms with Gasteiger partial charge in [0.1, 0.15) is 5.82 Å². The van der Waals surface area contributed by atoms with Crippen LogP contribution in [0.2, 0.25) is 0 Å². The Labute approximate surface area is 152 Å². The van der Waals surface area contributed by atoms with E-state index in [0.29, 0.717) is 30.3 Å². The highest BCUT2D eigenvalue weighted by atomic mass is 16.5. The smallest absolute Gasteiger partial charge is 0.239 e. The molecule has 2 aromatic heterocycles. The highest BCUT2D eigenvalue weighted by Crippen LogP contribution is 2.26. The zero-order valence-electron chi connectivity index (χ0n) is 15.5. The van der Waals surface area contributed by atoms with E-state index in [2.05, 4.69) is 15.3 Å². The summed E-state index contributed by atoms with van der Waals surface area (Å²) in [5.74, 6) is 1.30. The van der Waals surface area contributed by atoms with E-state index in [1.807, 2.05) is 23.1 Å². The topological polar surface area (TPSA) is 80.5 Å². The van der Waals surface area contributed by atoms with Crippen molar-refractivity contribution in [1.29, 1.82) is 0 Å². The molecule has 3 aromatic rings. The summed E-state index contributed by atoms with van der Waals surface area (Å²) in [6.45, 7) is 4.77. The van der Waals surface area contributed by atoms with Gasteiger partial charge in [-0.15, -0.1) is 0 Å². The van der Waals surface area contributed by atoms with Crippen LogP contribution in [-0.4, -0.2) is 53.6 Å². The summed E-state index contributed by atoms with van der Waals surface area (Å²) in [6.07, 6.45) is 3.32. The lowest BCUT2D eigenvalue weighted by atomic mass is 10.1. The van der Waals surface area contributed by atoms with Gasteiger partial charge in [-0.2, -0.15) is 0 Å². The Bertz CT molecular complexity index is 982. The Hall–Kier alpha value is -2.77. The molecule has 1 fully saturated rings. The van der Waals surface area contributed by atoms with Gasteiger partial charge in [0.25, 0.3) is 0 Å². The summed E-state index contributed by atoms with van der Waals surface area (Å²) in [5.41, 5.74) is 0.827. The second-order valence-corrected chi connectivity index (χ2v) is 6.21. The van der Waals surface area contributed by atoms with Gasteiger partial charge in [-0.25, -0.2) is 9.97 Å². The maximum Gasteiger partial charge on any atom is 0.239 e. The van der Waals surface area contributed by atoms with Crippen molar-refractivity contribution in [3.05, 3.63) is 42.5 Å². The quantitative estimate of drug-likeness (QED) is 0.776. The van der Waals surface area contributed by atoms with Gasteiger partial charge in [-0.05, 0) is 17.5 Å². The van der Waals surface area contributed by atoms with Crippen LogP contribution in [-0.2, 0) is 9.53 Å². The van der Waals surface area contributed by atoms with Crippen LogP contribution in [0.5, 0.6) is 0 Å². The number of hydrogen-bond donors (Lipinski definition) is 1. The molecule has 1 aliphatic heterocycles. The lowest BCUT2D eigenvalue weighted by Gasteiger charge is -2.25. The van der Waals surface area contributed by atoms with Crippen molar-refractivity contribution >= 4 is 22.5 Å². The third kappa shape index (κ3) is 3.74. The number of oxazole rings is 1. The molecule has 1 aromatic carbocycles. The number of pyridine rings is 1. The van der Waals surface area contributed by atoms with E-state index in [9.17, 15) is 4.79 Å². The fourth-order valence-electron chi connectivity index (χ4n) is 2.92. The molecule has 0 aliphatic carbocycles. The van der Waals surface area contributed by atoms with Crippen molar-refractivity contribution < 1.29 is 15.3 Å². The zero-order valence-corrected chi connectivity index (χ0v) is 14.5. The molecular formula is C19H20N4O3. The van der Waals surface area contributed by atoms with Gasteiger partial charge in [-0.3, -0.25) is 9.69 Å². The SMILES string of the molecule is [2H]c1c(NC(=O)CN2CCOCC2)ncc2ccc(-c3cnc(C)o3)cc12. The van der Waals surface area contributed by atoms with Crippen molar-refractivity contribution in [2.75, 3.05) is 38.2 Å². The predicted octanol–water partition coefficient (Wildman–Crippen LogP) is 2.47. The van der Waals surface area contributed by atoms with E-state index in [-0.39, 0.29) is 24.3 Å². The largest absolute Gasteiger partial charge is 0.441 e. The standard InChI is InChI=1S/C19H20N4O3/c1-13-20-11-17(26-13)14-2-3-15-10-21-18(9-16(15)8-14)22-19(24)12-23-4-6-25-7-5-23/h2-3,8-11H,4-7,12H2,1H3,(H,21,22,24)/i9D. The number of fused-ring (bicyclic) bond motifs is 1. The number of nitrogens with one attached hydrogen (secondary N) is 1. The number of aryl methyl sites for hydroxylation is 1. The van der Waals surface area contributed by atoms with Crippen molar-refractivity contribution in [2.45, 2.75) is 6.92 Å². The zero-order chi connectivity index (χ0) is 18.8. The molecule has 1 amide bonds. The number of ether oxygens (including phenoxy) is 1. The molecule has 26 heavy (non-hydrogen) atoms. The van der Waals surface area contributed by atoms with Gasteiger partial charge in [0.05, 0.1) is 27.3 Å². The maximum absolute atomic E-state index is 12.3. The van der Waals surface area contributed by atoms with Crippen LogP contribution in [0, 0.1) is 6.92 Å². The van der Waals surface area contributed by atoms with Crippen molar-refractivity contribution in [2.24, 2.45) is 0 Å². The van der Waals surface area contributed by atoms with Crippen molar-refractivity contribution in [3.63, 3.8) is 0 Å². The lowest BCUT2D eigenvalue weighted by Crippen LogP contribution is -2.41. The molecule has 0 atom stereocenters. The normalized spacial score (nSPS) is 15.8. The minimum absolute atomic E-state index is 0.181. The summed E-state index contributed by atoms with van der Waals surface area (Å²) >= 11 is 0. The molecule has 7 heteroatoms. The van der Waals surface area contributed by atoms with Crippen LogP contribution >= 0.6 is 0 Å². The molecule has 3 heterocycles. The monoisotopic (exact) mass is 353 g/mol. The summed E-state index contributed by atoms with van der Waals surface area (Å²) < 4.78 is 19.3. The van der Waals surface area contributed by atoms with Crippen LogP contribution < -0.4 is 5.32 Å². The Morgan fingerprint density at radius 1 is 1.27 bits per heavy atom. The molecule has 0 radical (unpaired) electrons. The molecule has 0 spiro atoms. The molecule has 0 saturated carbocycles. The van der Waals surface area contributed by atoms with E-state index < -0.39 is 0 Å². The number of carbonyl (C=O) groups excluding carboxylic acids is 1. The first-order valence-electron chi connectivity index (χ1n) is 9.02. The van der Waals surface area contributed by atoms with Gasteiger partial charge in [0, 0.05) is 37.2 Å². The number of rotatable bonds is 4. The van der Waals surface area contributed by atoms with E-state index in [0.717, 1.165) is 24.0 Å². The van der Waals surface area contributed by atoms with E-state index in [4.69, 9.17) is 10.5 Å². The first-order chi connectivity index (χ1) is 13.1. The first kappa shape index (κ1) is 15.5. The van der Waals surface area contributed by atoms with Gasteiger partial charge in [-0.1, -0.05) is 12.1 Å². The van der Waals surface area contributed by atoms with E-state index in [1.165, 1.54) is 0 Å². The molecule has 7 nitrogen and oxygen atoms in total. The average Bonchev–Trinajstić information content (AvgIpc) is 3.11. The van der Waals surface area contributed by atoms with E-state index in [1.54, 1.807) is 19.3 Å². The van der Waals surface area contributed by atoms with Gasteiger partial charge >= 0.3 is 0 Å². The third-order valence-corrected chi connectivity index (χ3v) is 4.27. The maximum atomic E-state index is 12.3. The number of aromatic nitrogens is 2. The molecule has 4 rings (SSSR count). The van der Waals surface area contributed by atoms with Gasteiger partial charge in [0.15, 0.2) is 11.7 Å². The minimum Gasteiger partial charge on any atom is -0.441 e. The first-order valence-corrected chi connectivity index (χ1v) is 8.52. The number of morpholine rings is 1. The van der Waals surface area contributed by atoms with Crippen LogP contribution in [0.1, 0.15) is 7.26 Å². The third-order valence-electron chi connectivity index (χ3n) is 4.27. The minimum atomic E-state index is -0.181. The number of anilines is 1. The molecule has 0 bridgehead atoms. The summed E-state index contributed by atoms with van der Waals surface area (Å²) in [6, 6.07) is 5.82. The second kappa shape index (κ2) is 7.23. The number of hydrogen-bond acceptors (Lipinski definition) is 6. The van der Waals surface area contributed by atoms with Crippen LogP contribution in [0.15, 0.2) is 41.1 Å². The Morgan fingerprint density at radius 3 is 2.88 bits per heavy atom. The number of amides is 1. The van der Waals surface area contributed by atoms with Crippen LogP contribution in [0.4, 0.5) is 5.82 Å². The fraction of sp³-hybridized carbons (Fsp3) is 0.316. The Morgan fingerprint density at radius 2 is 2.12 bits per heavy atom. The van der Waals surface area contributed by atoms with Crippen molar-refractivity contribution in [1.82, 2.24) is 14.9 Å². The summed E-state index contributed by atoms with van der Waals surface area (Å²) in [5, 5.41) is 4.28. The molecule has 0 unspecified atom stereocenters. The number of nitrogens with zero attached hydrogens (tertiary/aromatic N) is 3. The molecule has 1 N–H and O–H groups in total. The second-order valence-electron chi connectivity index (χ2n) is 6.21. The van der Waals surface area contributed by atoms with Crippen LogP contribution in [0.25, 0.3) is 22.1 Å².